The van der Waals surface area contributed by atoms with Gasteiger partial charge in [-0.05, 0) is 19.3 Å². The summed E-state index contributed by atoms with van der Waals surface area (Å²) in [7, 11) is 0. The molecule has 1 N–H and O–H groups in total. The Morgan fingerprint density at radius 2 is 2.00 bits per heavy atom. The van der Waals surface area contributed by atoms with E-state index in [1.807, 2.05) is 19.9 Å². The van der Waals surface area contributed by atoms with Gasteiger partial charge in [0.05, 0.1) is 6.10 Å². The van der Waals surface area contributed by atoms with E-state index in [1.165, 1.54) is 0 Å². The molecule has 2 atom stereocenters. The summed E-state index contributed by atoms with van der Waals surface area (Å²) >= 11 is 0. The highest BCUT2D eigenvalue weighted by molar-refractivity contribution is 4.87. The average Bonchev–Trinajstić information content (AvgIpc) is 1.82. The maximum absolute atomic E-state index is 9.00. The molecule has 0 heterocycles. The summed E-state index contributed by atoms with van der Waals surface area (Å²) in [6.07, 6.45) is 4.96. The molecule has 0 aromatic heterocycles. The quantitative estimate of drug-likeness (QED) is 0.576. The molecule has 0 rings (SSSR count). The molecule has 0 saturated carbocycles. The van der Waals surface area contributed by atoms with Crippen LogP contribution in [0.1, 0.15) is 27.2 Å². The predicted octanol–water partition coefficient (Wildman–Crippen LogP) is 1.97. The molecular weight excluding hydrogens is 112 g/mol. The molecule has 1 nitrogen and oxygen atoms in total. The molecule has 0 aliphatic rings. The summed E-state index contributed by atoms with van der Waals surface area (Å²) in [5.74, 6) is 0.296. The molecule has 9 heavy (non-hydrogen) atoms. The summed E-state index contributed by atoms with van der Waals surface area (Å²) in [4.78, 5) is 0. The minimum Gasteiger partial charge on any atom is -0.393 e. The van der Waals surface area contributed by atoms with Gasteiger partial charge < -0.3 is 5.11 Å². The second-order valence-electron chi connectivity index (χ2n) is 2.44. The van der Waals surface area contributed by atoms with Gasteiger partial charge in [0, 0.05) is 0 Å². The summed E-state index contributed by atoms with van der Waals surface area (Å²) in [5.41, 5.74) is 0. The molecule has 0 saturated heterocycles. The van der Waals surface area contributed by atoms with Crippen molar-refractivity contribution in [3.63, 3.8) is 0 Å². The molecule has 0 spiro atoms. The SMILES string of the molecule is CC/C=C\[C@H](C)[C@@H](C)O. The third-order valence-electron chi connectivity index (χ3n) is 1.44. The van der Waals surface area contributed by atoms with Gasteiger partial charge in [-0.15, -0.1) is 0 Å². The summed E-state index contributed by atoms with van der Waals surface area (Å²) < 4.78 is 0. The minimum absolute atomic E-state index is 0.215. The number of hydrogen-bond donors (Lipinski definition) is 1. The van der Waals surface area contributed by atoms with E-state index < -0.39 is 0 Å². The van der Waals surface area contributed by atoms with Gasteiger partial charge in [0.25, 0.3) is 0 Å². The maximum atomic E-state index is 9.00. The van der Waals surface area contributed by atoms with Crippen LogP contribution in [0.4, 0.5) is 0 Å². The van der Waals surface area contributed by atoms with Crippen molar-refractivity contribution >= 4 is 0 Å². The highest BCUT2D eigenvalue weighted by atomic mass is 16.3. The van der Waals surface area contributed by atoms with Crippen molar-refractivity contribution in [3.05, 3.63) is 12.2 Å². The lowest BCUT2D eigenvalue weighted by Crippen LogP contribution is -2.09. The first-order valence-electron chi connectivity index (χ1n) is 3.53. The molecule has 1 heteroatoms. The topological polar surface area (TPSA) is 20.2 Å². The van der Waals surface area contributed by atoms with Gasteiger partial charge in [-0.2, -0.15) is 0 Å². The van der Waals surface area contributed by atoms with Crippen LogP contribution in [0.25, 0.3) is 0 Å². The van der Waals surface area contributed by atoms with Crippen molar-refractivity contribution in [2.75, 3.05) is 0 Å². The van der Waals surface area contributed by atoms with E-state index in [9.17, 15) is 0 Å². The molecule has 0 fully saturated rings. The molecule has 0 bridgehead atoms. The number of rotatable bonds is 3. The number of aliphatic hydroxyl groups is 1. The first-order valence-corrected chi connectivity index (χ1v) is 3.53. The zero-order chi connectivity index (χ0) is 7.28. The Labute approximate surface area is 57.4 Å². The normalized spacial score (nSPS) is 18.2. The van der Waals surface area contributed by atoms with Crippen molar-refractivity contribution in [1.82, 2.24) is 0 Å². The smallest absolute Gasteiger partial charge is 0.0572 e. The Hall–Kier alpha value is -0.300. The molecule has 0 radical (unpaired) electrons. The molecule has 54 valence electrons. The molecule has 0 aliphatic heterocycles. The second-order valence-corrected chi connectivity index (χ2v) is 2.44. The lowest BCUT2D eigenvalue weighted by Gasteiger charge is -2.07. The van der Waals surface area contributed by atoms with Crippen LogP contribution < -0.4 is 0 Å². The monoisotopic (exact) mass is 128 g/mol. The maximum Gasteiger partial charge on any atom is 0.0572 e. The fourth-order valence-electron chi connectivity index (χ4n) is 0.512. The van der Waals surface area contributed by atoms with Gasteiger partial charge in [-0.3, -0.25) is 0 Å². The fraction of sp³-hybridized carbons (Fsp3) is 0.750. The molecule has 0 aromatic rings. The summed E-state index contributed by atoms with van der Waals surface area (Å²) in [6.45, 7) is 5.91. The second kappa shape index (κ2) is 4.57. The number of hydrogen-bond acceptors (Lipinski definition) is 1. The van der Waals surface area contributed by atoms with Crippen LogP contribution in [0.3, 0.4) is 0 Å². The summed E-state index contributed by atoms with van der Waals surface area (Å²) in [6, 6.07) is 0. The standard InChI is InChI=1S/C8H16O/c1-4-5-6-7(2)8(3)9/h5-9H,4H2,1-3H3/b6-5-/t7-,8+/m0/s1. The van der Waals surface area contributed by atoms with Gasteiger partial charge >= 0.3 is 0 Å². The van der Waals surface area contributed by atoms with E-state index in [0.29, 0.717) is 5.92 Å². The van der Waals surface area contributed by atoms with Crippen molar-refractivity contribution in [2.24, 2.45) is 5.92 Å². The van der Waals surface area contributed by atoms with E-state index >= 15 is 0 Å². The Kier molecular flexibility index (Phi) is 4.41. The van der Waals surface area contributed by atoms with Gasteiger partial charge in [0.1, 0.15) is 0 Å². The van der Waals surface area contributed by atoms with Gasteiger partial charge in [-0.25, -0.2) is 0 Å². The van der Waals surface area contributed by atoms with Crippen molar-refractivity contribution < 1.29 is 5.11 Å². The lowest BCUT2D eigenvalue weighted by molar-refractivity contribution is 0.157. The Morgan fingerprint density at radius 1 is 1.44 bits per heavy atom. The number of aliphatic hydroxyl groups excluding tert-OH is 1. The molecule has 0 aliphatic carbocycles. The van der Waals surface area contributed by atoms with Crippen LogP contribution in [0.5, 0.6) is 0 Å². The molecule has 0 amide bonds. The molecular formula is C8H16O. The van der Waals surface area contributed by atoms with Gasteiger partial charge in [0.15, 0.2) is 0 Å². The van der Waals surface area contributed by atoms with Crippen LogP contribution in [0, 0.1) is 5.92 Å². The zero-order valence-corrected chi connectivity index (χ0v) is 6.46. The van der Waals surface area contributed by atoms with Crippen LogP contribution in [0.15, 0.2) is 12.2 Å². The van der Waals surface area contributed by atoms with Crippen molar-refractivity contribution in [3.8, 4) is 0 Å². The highest BCUT2D eigenvalue weighted by Crippen LogP contribution is 2.03. The van der Waals surface area contributed by atoms with Gasteiger partial charge in [0.2, 0.25) is 0 Å². The van der Waals surface area contributed by atoms with Gasteiger partial charge in [-0.1, -0.05) is 26.0 Å². The van der Waals surface area contributed by atoms with Crippen molar-refractivity contribution in [2.45, 2.75) is 33.3 Å². The Morgan fingerprint density at radius 3 is 2.33 bits per heavy atom. The third-order valence-corrected chi connectivity index (χ3v) is 1.44. The average molecular weight is 128 g/mol. The third kappa shape index (κ3) is 4.22. The van der Waals surface area contributed by atoms with Crippen LogP contribution >= 0.6 is 0 Å². The first kappa shape index (κ1) is 8.70. The van der Waals surface area contributed by atoms with Crippen LogP contribution in [-0.2, 0) is 0 Å². The molecule has 0 aromatic carbocycles. The Balaban J connectivity index is 3.48. The first-order chi connectivity index (χ1) is 4.18. The van der Waals surface area contributed by atoms with Crippen LogP contribution in [-0.4, -0.2) is 11.2 Å². The Bertz CT molecular complexity index is 84.6. The van der Waals surface area contributed by atoms with E-state index in [2.05, 4.69) is 13.0 Å². The minimum atomic E-state index is -0.215. The van der Waals surface area contributed by atoms with Crippen molar-refractivity contribution in [1.29, 1.82) is 0 Å². The molecule has 0 unspecified atom stereocenters. The largest absolute Gasteiger partial charge is 0.393 e. The van der Waals surface area contributed by atoms with E-state index in [0.717, 1.165) is 6.42 Å². The van der Waals surface area contributed by atoms with Crippen LogP contribution in [0.2, 0.25) is 0 Å². The lowest BCUT2D eigenvalue weighted by atomic mass is 10.1. The number of allylic oxidation sites excluding steroid dienone is 1. The summed E-state index contributed by atoms with van der Waals surface area (Å²) in [5, 5.41) is 9.00. The van der Waals surface area contributed by atoms with E-state index in [-0.39, 0.29) is 6.10 Å². The fourth-order valence-corrected chi connectivity index (χ4v) is 0.512. The van der Waals surface area contributed by atoms with E-state index in [4.69, 9.17) is 5.11 Å². The zero-order valence-electron chi connectivity index (χ0n) is 6.46. The predicted molar refractivity (Wildman–Crippen MR) is 40.3 cm³/mol. The highest BCUT2D eigenvalue weighted by Gasteiger charge is 2.01. The van der Waals surface area contributed by atoms with E-state index in [1.54, 1.807) is 0 Å².